The molecule has 0 saturated heterocycles. The molecular formula is C11H17ClN4O3. The summed E-state index contributed by atoms with van der Waals surface area (Å²) in [6.07, 6.45) is 0. The molecule has 1 N–H and O–H groups in total. The van der Waals surface area contributed by atoms with Gasteiger partial charge in [0, 0.05) is 7.11 Å². The molecule has 1 atom stereocenters. The minimum atomic E-state index is -0.516. The third kappa shape index (κ3) is 4.00. The van der Waals surface area contributed by atoms with Crippen LogP contribution in [-0.4, -0.2) is 34.6 Å². The highest BCUT2D eigenvalue weighted by Gasteiger charge is 2.24. The number of aryl methyl sites for hydroxylation is 1. The van der Waals surface area contributed by atoms with Gasteiger partial charge in [-0.15, -0.1) is 0 Å². The van der Waals surface area contributed by atoms with E-state index in [0.717, 1.165) is 0 Å². The Morgan fingerprint density at radius 3 is 2.58 bits per heavy atom. The molecule has 1 heterocycles. The van der Waals surface area contributed by atoms with E-state index in [1.165, 1.54) is 6.92 Å². The van der Waals surface area contributed by atoms with Crippen molar-refractivity contribution in [2.24, 2.45) is 5.92 Å². The number of hydrogen-bond acceptors (Lipinski definition) is 6. The number of methoxy groups -OCH3 is 1. The van der Waals surface area contributed by atoms with Crippen molar-refractivity contribution < 1.29 is 9.66 Å². The third-order valence-corrected chi connectivity index (χ3v) is 2.86. The van der Waals surface area contributed by atoms with E-state index < -0.39 is 4.92 Å². The number of anilines is 1. The van der Waals surface area contributed by atoms with Gasteiger partial charge in [-0.05, 0) is 24.4 Å². The van der Waals surface area contributed by atoms with E-state index in [-0.39, 0.29) is 34.4 Å². The average Bonchev–Trinajstić information content (AvgIpc) is 2.26. The zero-order valence-electron chi connectivity index (χ0n) is 11.3. The summed E-state index contributed by atoms with van der Waals surface area (Å²) in [6.45, 7) is 5.91. The average molecular weight is 289 g/mol. The van der Waals surface area contributed by atoms with Crippen molar-refractivity contribution >= 4 is 23.1 Å². The van der Waals surface area contributed by atoms with Crippen molar-refractivity contribution in [1.82, 2.24) is 9.97 Å². The Morgan fingerprint density at radius 2 is 2.11 bits per heavy atom. The summed E-state index contributed by atoms with van der Waals surface area (Å²) in [7, 11) is 1.57. The van der Waals surface area contributed by atoms with Crippen LogP contribution in [0, 0.1) is 23.0 Å². The highest BCUT2D eigenvalue weighted by molar-refractivity contribution is 6.28. The number of nitro groups is 1. The van der Waals surface area contributed by atoms with E-state index in [4.69, 9.17) is 16.3 Å². The lowest BCUT2D eigenvalue weighted by Crippen LogP contribution is -2.31. The lowest BCUT2D eigenvalue weighted by atomic mass is 10.1. The van der Waals surface area contributed by atoms with Gasteiger partial charge in [-0.1, -0.05) is 13.8 Å². The first-order chi connectivity index (χ1) is 8.86. The summed E-state index contributed by atoms with van der Waals surface area (Å²) in [5, 5.41) is 14.1. The summed E-state index contributed by atoms with van der Waals surface area (Å²) in [5.74, 6) is 0.340. The van der Waals surface area contributed by atoms with Crippen LogP contribution in [0.15, 0.2) is 0 Å². The second-order valence-corrected chi connectivity index (χ2v) is 4.82. The molecule has 0 spiro atoms. The molecule has 0 amide bonds. The van der Waals surface area contributed by atoms with Crippen LogP contribution in [0.4, 0.5) is 11.5 Å². The fraction of sp³-hybridized carbons (Fsp3) is 0.636. The van der Waals surface area contributed by atoms with Crippen LogP contribution < -0.4 is 5.32 Å². The van der Waals surface area contributed by atoms with Gasteiger partial charge < -0.3 is 10.1 Å². The monoisotopic (exact) mass is 288 g/mol. The molecule has 1 aromatic heterocycles. The molecule has 0 aliphatic heterocycles. The normalized spacial score (nSPS) is 12.5. The SMILES string of the molecule is COCC(Nc1nc(Cl)nc(C)c1[N+](=O)[O-])C(C)C. The van der Waals surface area contributed by atoms with E-state index in [0.29, 0.717) is 6.61 Å². The number of rotatable bonds is 6. The predicted octanol–water partition coefficient (Wildman–Crippen LogP) is 2.43. The summed E-state index contributed by atoms with van der Waals surface area (Å²) in [6, 6.07) is -0.103. The molecule has 19 heavy (non-hydrogen) atoms. The molecule has 8 heteroatoms. The summed E-state index contributed by atoms with van der Waals surface area (Å²) in [4.78, 5) is 18.3. The Balaban J connectivity index is 3.14. The van der Waals surface area contributed by atoms with E-state index in [2.05, 4.69) is 15.3 Å². The topological polar surface area (TPSA) is 90.2 Å². The van der Waals surface area contributed by atoms with Crippen molar-refractivity contribution in [3.05, 3.63) is 21.1 Å². The second-order valence-electron chi connectivity index (χ2n) is 4.48. The maximum atomic E-state index is 11.1. The first kappa shape index (κ1) is 15.6. The van der Waals surface area contributed by atoms with Crippen molar-refractivity contribution in [2.75, 3.05) is 19.0 Å². The number of nitrogens with one attached hydrogen (secondary N) is 1. The molecule has 0 bridgehead atoms. The number of ether oxygens (including phenoxy) is 1. The van der Waals surface area contributed by atoms with Gasteiger partial charge in [0.1, 0.15) is 5.69 Å². The van der Waals surface area contributed by atoms with Gasteiger partial charge in [0.05, 0.1) is 17.6 Å². The van der Waals surface area contributed by atoms with Gasteiger partial charge in [0.25, 0.3) is 0 Å². The molecule has 0 aromatic carbocycles. The van der Waals surface area contributed by atoms with Crippen molar-refractivity contribution in [3.63, 3.8) is 0 Å². The lowest BCUT2D eigenvalue weighted by Gasteiger charge is -2.22. The van der Waals surface area contributed by atoms with Gasteiger partial charge >= 0.3 is 5.69 Å². The van der Waals surface area contributed by atoms with Crippen LogP contribution in [0.2, 0.25) is 5.28 Å². The number of hydrogen-bond donors (Lipinski definition) is 1. The van der Waals surface area contributed by atoms with Gasteiger partial charge in [-0.3, -0.25) is 10.1 Å². The standard InChI is InChI=1S/C11H17ClN4O3/c1-6(2)8(5-19-4)14-10-9(16(17)18)7(3)13-11(12)15-10/h6,8H,5H2,1-4H3,(H,13,14,15). The Labute approximate surface area is 116 Å². The molecule has 106 valence electrons. The number of aromatic nitrogens is 2. The van der Waals surface area contributed by atoms with Crippen LogP contribution in [0.3, 0.4) is 0 Å². The molecule has 7 nitrogen and oxygen atoms in total. The maximum absolute atomic E-state index is 11.1. The summed E-state index contributed by atoms with van der Waals surface area (Å²) in [5.41, 5.74) is 0.0681. The highest BCUT2D eigenvalue weighted by atomic mass is 35.5. The molecular weight excluding hydrogens is 272 g/mol. The summed E-state index contributed by atoms with van der Waals surface area (Å²) < 4.78 is 5.09. The molecule has 0 saturated carbocycles. The van der Waals surface area contributed by atoms with Crippen LogP contribution in [0.5, 0.6) is 0 Å². The zero-order chi connectivity index (χ0) is 14.6. The Bertz CT molecular complexity index is 467. The van der Waals surface area contributed by atoms with Crippen molar-refractivity contribution in [3.8, 4) is 0 Å². The van der Waals surface area contributed by atoms with Crippen molar-refractivity contribution in [2.45, 2.75) is 26.8 Å². The molecule has 1 unspecified atom stereocenters. The molecule has 1 rings (SSSR count). The van der Waals surface area contributed by atoms with Gasteiger partial charge in [-0.25, -0.2) is 4.98 Å². The van der Waals surface area contributed by atoms with Gasteiger partial charge in [0.2, 0.25) is 11.1 Å². The minimum absolute atomic E-state index is 0.0227. The van der Waals surface area contributed by atoms with Gasteiger partial charge in [0.15, 0.2) is 0 Å². The quantitative estimate of drug-likeness (QED) is 0.491. The maximum Gasteiger partial charge on any atom is 0.332 e. The first-order valence-corrected chi connectivity index (χ1v) is 6.18. The smallest absolute Gasteiger partial charge is 0.332 e. The summed E-state index contributed by atoms with van der Waals surface area (Å²) >= 11 is 5.75. The van der Waals surface area contributed by atoms with E-state index >= 15 is 0 Å². The molecule has 0 aliphatic rings. The van der Waals surface area contributed by atoms with E-state index in [1.54, 1.807) is 7.11 Å². The largest absolute Gasteiger partial charge is 0.383 e. The highest BCUT2D eigenvalue weighted by Crippen LogP contribution is 2.27. The number of halogens is 1. The van der Waals surface area contributed by atoms with Crippen LogP contribution in [-0.2, 0) is 4.74 Å². The molecule has 0 fully saturated rings. The van der Waals surface area contributed by atoms with Crippen LogP contribution >= 0.6 is 11.6 Å². The minimum Gasteiger partial charge on any atom is -0.383 e. The Morgan fingerprint density at radius 1 is 1.47 bits per heavy atom. The molecule has 0 aliphatic carbocycles. The van der Waals surface area contributed by atoms with Gasteiger partial charge in [-0.2, -0.15) is 4.98 Å². The Hall–Kier alpha value is -1.47. The Kier molecular flexibility index (Phi) is 5.44. The second kappa shape index (κ2) is 6.63. The van der Waals surface area contributed by atoms with Crippen LogP contribution in [0.25, 0.3) is 0 Å². The molecule has 0 radical (unpaired) electrons. The predicted molar refractivity (Wildman–Crippen MR) is 72.6 cm³/mol. The van der Waals surface area contributed by atoms with Crippen molar-refractivity contribution in [1.29, 1.82) is 0 Å². The fourth-order valence-corrected chi connectivity index (χ4v) is 1.82. The third-order valence-electron chi connectivity index (χ3n) is 2.69. The fourth-order valence-electron chi connectivity index (χ4n) is 1.61. The van der Waals surface area contributed by atoms with E-state index in [9.17, 15) is 10.1 Å². The van der Waals surface area contributed by atoms with Crippen LogP contribution in [0.1, 0.15) is 19.5 Å². The number of nitrogens with zero attached hydrogens (tertiary/aromatic N) is 3. The first-order valence-electron chi connectivity index (χ1n) is 5.80. The van der Waals surface area contributed by atoms with E-state index in [1.807, 2.05) is 13.8 Å². The molecule has 1 aromatic rings. The lowest BCUT2D eigenvalue weighted by molar-refractivity contribution is -0.385. The zero-order valence-corrected chi connectivity index (χ0v) is 12.1.